The molecule has 0 spiro atoms. The number of allylic oxidation sites excluding steroid dienone is 4. The van der Waals surface area contributed by atoms with Crippen LogP contribution in [0.2, 0.25) is 24.2 Å². The van der Waals surface area contributed by atoms with E-state index in [9.17, 15) is 21.6 Å². The smallest absolute Gasteiger partial charge is 0.497 e. The Kier molecular flexibility index (Phi) is 17.8. The van der Waals surface area contributed by atoms with Crippen molar-refractivity contribution in [3.05, 3.63) is 123 Å². The molecule has 0 aliphatic heterocycles. The van der Waals surface area contributed by atoms with Crippen LogP contribution in [-0.2, 0) is 19.0 Å². The number of benzene rings is 3. The van der Waals surface area contributed by atoms with Crippen LogP contribution in [0.5, 0.6) is 11.5 Å². The highest BCUT2D eigenvalue weighted by Gasteiger charge is 2.48. The molecule has 0 heterocycles. The number of hydrogen-bond acceptors (Lipinski definition) is 6. The van der Waals surface area contributed by atoms with Crippen molar-refractivity contribution in [2.24, 2.45) is 0 Å². The summed E-state index contributed by atoms with van der Waals surface area (Å²) in [5.74, 6) is 0.461. The van der Waals surface area contributed by atoms with Crippen molar-refractivity contribution in [2.45, 2.75) is 51.0 Å². The Morgan fingerprint density at radius 1 is 0.633 bits per heavy atom. The van der Waals surface area contributed by atoms with Crippen molar-refractivity contribution < 1.29 is 39.4 Å². The molecule has 0 bridgehead atoms. The van der Waals surface area contributed by atoms with Crippen molar-refractivity contribution >= 4 is 37.1 Å². The van der Waals surface area contributed by atoms with E-state index in [1.54, 1.807) is 19.3 Å². The molecule has 0 atom stereocenters. The lowest BCUT2D eigenvalue weighted by atomic mass is 10.1. The third kappa shape index (κ3) is 11.7. The largest absolute Gasteiger partial charge is 0.534 e. The molecule has 0 saturated carbocycles. The molecule has 3 aromatic carbocycles. The third-order valence-electron chi connectivity index (χ3n) is 7.44. The van der Waals surface area contributed by atoms with Crippen molar-refractivity contribution in [3.63, 3.8) is 0 Å². The van der Waals surface area contributed by atoms with Gasteiger partial charge >= 0.3 is 15.6 Å². The van der Waals surface area contributed by atoms with E-state index in [4.69, 9.17) is 13.6 Å². The lowest BCUT2D eigenvalue weighted by molar-refractivity contribution is -0.0500. The Labute approximate surface area is 293 Å². The molecule has 0 aliphatic rings. The summed E-state index contributed by atoms with van der Waals surface area (Å²) >= 11 is 0. The van der Waals surface area contributed by atoms with E-state index in [-0.39, 0.29) is 7.43 Å². The summed E-state index contributed by atoms with van der Waals surface area (Å²) in [7, 11) is -8.52. The van der Waals surface area contributed by atoms with Crippen LogP contribution in [0, 0.1) is 0 Å². The second-order valence-corrected chi connectivity index (χ2v) is 19.5. The van der Waals surface area contributed by atoms with Crippen molar-refractivity contribution in [2.75, 3.05) is 20.3 Å². The predicted molar refractivity (Wildman–Crippen MR) is 201 cm³/mol. The van der Waals surface area contributed by atoms with Crippen LogP contribution in [0.3, 0.4) is 0 Å². The molecule has 3 aromatic rings. The maximum atomic E-state index is 12.3. The molecule has 0 aromatic heterocycles. The highest BCUT2D eigenvalue weighted by atomic mass is 32.2. The van der Waals surface area contributed by atoms with Crippen LogP contribution in [0.1, 0.15) is 21.3 Å². The van der Waals surface area contributed by atoms with Crippen LogP contribution >= 0.6 is 0 Å². The summed E-state index contributed by atoms with van der Waals surface area (Å²) in [5, 5.41) is 2.09. The van der Waals surface area contributed by atoms with Gasteiger partial charge in [0.05, 0.1) is 7.11 Å². The fraction of sp³-hybridized carbons (Fsp3) is 0.297. The summed E-state index contributed by atoms with van der Waals surface area (Å²) in [4.78, 5) is 0. The topological polar surface area (TPSA) is 71.1 Å². The SMILES string of the molecule is C.C=CC[Si](CC=C)(OCC)c1ccc(-c2ccc(OC)cc2)cc1.C=CC[Si](CC=C)(OCC)c1ccc(OS(=O)(=O)C(F)(F)F)cc1. The predicted octanol–water partition coefficient (Wildman–Crippen LogP) is 9.04. The lowest BCUT2D eigenvalue weighted by Crippen LogP contribution is -2.50. The molecule has 0 unspecified atom stereocenters. The van der Waals surface area contributed by atoms with E-state index in [1.165, 1.54) is 40.6 Å². The molecule has 0 aliphatic carbocycles. The molecule has 0 saturated heterocycles. The Bertz CT molecular complexity index is 1550. The van der Waals surface area contributed by atoms with Gasteiger partial charge in [-0.1, -0.05) is 80.3 Å². The average Bonchev–Trinajstić information content (AvgIpc) is 3.05. The molecule has 268 valence electrons. The second kappa shape index (κ2) is 20.1. The molecule has 3 rings (SSSR count). The zero-order chi connectivity index (χ0) is 35.8. The minimum absolute atomic E-state index is 0. The molecule has 0 radical (unpaired) electrons. The van der Waals surface area contributed by atoms with Crippen LogP contribution < -0.4 is 19.3 Å². The number of alkyl halides is 3. The number of ether oxygens (including phenoxy) is 1. The van der Waals surface area contributed by atoms with Crippen LogP contribution in [0.15, 0.2) is 123 Å². The van der Waals surface area contributed by atoms with Gasteiger partial charge in [-0.2, -0.15) is 21.6 Å². The van der Waals surface area contributed by atoms with Gasteiger partial charge in [0.25, 0.3) is 0 Å². The summed E-state index contributed by atoms with van der Waals surface area (Å²) in [6.07, 6.45) is 7.40. The fourth-order valence-electron chi connectivity index (χ4n) is 5.26. The standard InChI is InChI=1S/C21H26O2Si.C15H19F3O4SSi.CH4/c1-5-16-24(17-6-2,23-7-3)21-14-10-19(11-15-21)18-8-12-20(22-4)13-9-18;1-4-11-24(12-5-2,21-6-3)14-9-7-13(8-10-14)22-23(19,20)15(16,17)18;/h5-6,8-15H,1-2,7,16-17H2,3-4H3;4-5,7-10H,1-2,6,11-12H2,3H3;1H4. The first-order valence-electron chi connectivity index (χ1n) is 15.4. The third-order valence-corrected chi connectivity index (χ3v) is 16.7. The van der Waals surface area contributed by atoms with Gasteiger partial charge < -0.3 is 17.8 Å². The molecule has 49 heavy (non-hydrogen) atoms. The number of hydrogen-bond donors (Lipinski definition) is 0. The molecule has 6 nitrogen and oxygen atoms in total. The zero-order valence-corrected chi connectivity index (χ0v) is 30.6. The maximum Gasteiger partial charge on any atom is 0.534 e. The zero-order valence-electron chi connectivity index (χ0n) is 27.8. The Hall–Kier alpha value is -3.69. The van der Waals surface area contributed by atoms with E-state index in [0.29, 0.717) is 25.3 Å². The molecule has 12 heteroatoms. The van der Waals surface area contributed by atoms with E-state index in [2.05, 4.69) is 73.8 Å². The van der Waals surface area contributed by atoms with E-state index in [1.807, 2.05) is 31.2 Å². The lowest BCUT2D eigenvalue weighted by Gasteiger charge is -2.29. The molecule has 0 N–H and O–H groups in total. The maximum absolute atomic E-state index is 12.3. The van der Waals surface area contributed by atoms with Gasteiger partial charge in [-0.05, 0) is 83.8 Å². The molecule has 0 fully saturated rings. The first-order chi connectivity index (χ1) is 22.8. The fourth-order valence-corrected chi connectivity index (χ4v) is 12.3. The summed E-state index contributed by atoms with van der Waals surface area (Å²) in [5.41, 5.74) is -3.10. The van der Waals surface area contributed by atoms with E-state index < -0.39 is 38.0 Å². The van der Waals surface area contributed by atoms with E-state index >= 15 is 0 Å². The normalized spacial score (nSPS) is 11.6. The van der Waals surface area contributed by atoms with Gasteiger partial charge in [-0.15, -0.1) is 26.3 Å². The average molecular weight is 735 g/mol. The molecular formula is C37H49F3O6SSi2. The van der Waals surface area contributed by atoms with Crippen LogP contribution in [0.25, 0.3) is 11.1 Å². The van der Waals surface area contributed by atoms with E-state index in [0.717, 1.165) is 23.0 Å². The number of rotatable bonds is 18. The van der Waals surface area contributed by atoms with Gasteiger partial charge in [0.2, 0.25) is 16.6 Å². The first kappa shape index (κ1) is 43.3. The monoisotopic (exact) mass is 734 g/mol. The van der Waals surface area contributed by atoms with Crippen LogP contribution in [-0.4, -0.2) is 50.9 Å². The summed E-state index contributed by atoms with van der Waals surface area (Å²) in [6.45, 7) is 20.4. The Balaban J connectivity index is 0.000000480. The summed E-state index contributed by atoms with van der Waals surface area (Å²) in [6, 6.07) is 25.3. The van der Waals surface area contributed by atoms with Gasteiger partial charge in [-0.3, -0.25) is 0 Å². The van der Waals surface area contributed by atoms with Gasteiger partial charge in [-0.25, -0.2) is 0 Å². The second-order valence-electron chi connectivity index (χ2n) is 10.6. The van der Waals surface area contributed by atoms with Crippen molar-refractivity contribution in [1.29, 1.82) is 0 Å². The van der Waals surface area contributed by atoms with Crippen LogP contribution in [0.4, 0.5) is 13.2 Å². The van der Waals surface area contributed by atoms with Gasteiger partial charge in [0.15, 0.2) is 0 Å². The quantitative estimate of drug-likeness (QED) is 0.0563. The number of halogens is 3. The minimum Gasteiger partial charge on any atom is -0.497 e. The Morgan fingerprint density at radius 3 is 1.27 bits per heavy atom. The minimum atomic E-state index is -5.68. The Morgan fingerprint density at radius 2 is 0.959 bits per heavy atom. The van der Waals surface area contributed by atoms with Crippen molar-refractivity contribution in [3.8, 4) is 22.6 Å². The highest BCUT2D eigenvalue weighted by molar-refractivity contribution is 7.88. The molecule has 0 amide bonds. The molecular weight excluding hydrogens is 686 g/mol. The summed E-state index contributed by atoms with van der Waals surface area (Å²) < 4.78 is 80.6. The number of methoxy groups -OCH3 is 1. The van der Waals surface area contributed by atoms with Gasteiger partial charge in [0, 0.05) is 13.2 Å². The first-order valence-corrected chi connectivity index (χ1v) is 21.4. The van der Waals surface area contributed by atoms with Gasteiger partial charge in [0.1, 0.15) is 11.5 Å². The highest BCUT2D eigenvalue weighted by Crippen LogP contribution is 2.28. The van der Waals surface area contributed by atoms with Crippen molar-refractivity contribution in [1.82, 2.24) is 0 Å².